The first-order chi connectivity index (χ1) is 13.6. The van der Waals surface area contributed by atoms with Crippen molar-refractivity contribution < 1.29 is 13.9 Å². The number of amides is 1. The van der Waals surface area contributed by atoms with Gasteiger partial charge in [-0.1, -0.05) is 42.0 Å². The maximum atomic E-state index is 14.2. The van der Waals surface area contributed by atoms with Crippen LogP contribution in [0.1, 0.15) is 28.8 Å². The summed E-state index contributed by atoms with van der Waals surface area (Å²) < 4.78 is 20.0. The van der Waals surface area contributed by atoms with Crippen molar-refractivity contribution in [2.45, 2.75) is 25.9 Å². The lowest BCUT2D eigenvalue weighted by Gasteiger charge is -2.23. The number of carbonyl (C=O) groups is 1. The van der Waals surface area contributed by atoms with E-state index in [-0.39, 0.29) is 11.7 Å². The molecular weight excluding hydrogens is 375 g/mol. The number of nitrogens with zero attached hydrogens (tertiary/aromatic N) is 2. The molecule has 1 atom stereocenters. The summed E-state index contributed by atoms with van der Waals surface area (Å²) >= 11 is 1.38. The Morgan fingerprint density at radius 1 is 1.25 bits per heavy atom. The van der Waals surface area contributed by atoms with Gasteiger partial charge in [-0.3, -0.25) is 9.69 Å². The van der Waals surface area contributed by atoms with Crippen LogP contribution in [0.2, 0.25) is 0 Å². The quantitative estimate of drug-likeness (QED) is 0.604. The van der Waals surface area contributed by atoms with E-state index in [1.165, 1.54) is 29.0 Å². The zero-order chi connectivity index (χ0) is 19.5. The van der Waals surface area contributed by atoms with Crippen LogP contribution in [0.5, 0.6) is 0 Å². The fourth-order valence-corrected chi connectivity index (χ4v) is 4.11. The van der Waals surface area contributed by atoms with E-state index in [0.717, 1.165) is 24.1 Å². The maximum absolute atomic E-state index is 14.2. The second-order valence-electron chi connectivity index (χ2n) is 6.91. The zero-order valence-electron chi connectivity index (χ0n) is 15.6. The van der Waals surface area contributed by atoms with Gasteiger partial charge in [0.1, 0.15) is 5.82 Å². The molecule has 2 aromatic carbocycles. The third kappa shape index (κ3) is 3.98. The third-order valence-electron chi connectivity index (χ3n) is 4.83. The highest BCUT2D eigenvalue weighted by molar-refractivity contribution is 7.14. The highest BCUT2D eigenvalue weighted by atomic mass is 32.1. The molecule has 1 saturated heterocycles. The molecule has 2 heterocycles. The number of hydrogen-bond donors (Lipinski definition) is 0. The highest BCUT2D eigenvalue weighted by Gasteiger charge is 2.28. The first-order valence-electron chi connectivity index (χ1n) is 9.32. The molecule has 4 nitrogen and oxygen atoms in total. The Morgan fingerprint density at radius 3 is 2.75 bits per heavy atom. The summed E-state index contributed by atoms with van der Waals surface area (Å²) in [6.07, 6.45) is 1.80. The molecule has 1 aromatic heterocycles. The maximum Gasteiger partial charge on any atom is 0.263 e. The lowest BCUT2D eigenvalue weighted by Crippen LogP contribution is -2.38. The molecule has 4 rings (SSSR count). The average Bonchev–Trinajstić information content (AvgIpc) is 3.39. The number of anilines is 1. The number of carbonyl (C=O) groups excluding carboxylic acids is 1. The number of thiazole rings is 1. The van der Waals surface area contributed by atoms with Gasteiger partial charge in [0.15, 0.2) is 5.13 Å². The number of aryl methyl sites for hydroxylation is 1. The Labute approximate surface area is 167 Å². The smallest absolute Gasteiger partial charge is 0.263 e. The predicted molar refractivity (Wildman–Crippen MR) is 109 cm³/mol. The van der Waals surface area contributed by atoms with Crippen LogP contribution in [0.4, 0.5) is 9.52 Å². The molecule has 0 bridgehead atoms. The van der Waals surface area contributed by atoms with Gasteiger partial charge >= 0.3 is 0 Å². The summed E-state index contributed by atoms with van der Waals surface area (Å²) in [4.78, 5) is 19.4. The van der Waals surface area contributed by atoms with Crippen LogP contribution in [-0.4, -0.2) is 30.1 Å². The first-order valence-corrected chi connectivity index (χ1v) is 10.2. The summed E-state index contributed by atoms with van der Waals surface area (Å²) in [5.74, 6) is -0.918. The minimum Gasteiger partial charge on any atom is -0.376 e. The van der Waals surface area contributed by atoms with Gasteiger partial charge < -0.3 is 4.74 Å². The largest absolute Gasteiger partial charge is 0.376 e. The minimum absolute atomic E-state index is 0.0487. The number of halogens is 1. The van der Waals surface area contributed by atoms with Gasteiger partial charge in [0, 0.05) is 17.6 Å². The van der Waals surface area contributed by atoms with Gasteiger partial charge in [0.25, 0.3) is 5.91 Å². The van der Waals surface area contributed by atoms with Gasteiger partial charge in [-0.15, -0.1) is 11.3 Å². The van der Waals surface area contributed by atoms with Gasteiger partial charge in [0.05, 0.1) is 23.9 Å². The minimum atomic E-state index is -0.528. The molecule has 1 unspecified atom stereocenters. The third-order valence-corrected chi connectivity index (χ3v) is 5.69. The fraction of sp³-hybridized carbons (Fsp3) is 0.273. The molecule has 0 aliphatic carbocycles. The second-order valence-corrected chi connectivity index (χ2v) is 7.75. The molecule has 0 spiro atoms. The van der Waals surface area contributed by atoms with Crippen molar-refractivity contribution in [3.05, 3.63) is 70.9 Å². The van der Waals surface area contributed by atoms with Crippen molar-refractivity contribution in [2.75, 3.05) is 18.1 Å². The fourth-order valence-electron chi connectivity index (χ4n) is 3.27. The van der Waals surface area contributed by atoms with E-state index in [9.17, 15) is 9.18 Å². The van der Waals surface area contributed by atoms with Crippen LogP contribution in [0.15, 0.2) is 53.9 Å². The van der Waals surface area contributed by atoms with Crippen molar-refractivity contribution in [3.8, 4) is 11.3 Å². The second kappa shape index (κ2) is 8.20. The van der Waals surface area contributed by atoms with Gasteiger partial charge in [-0.25, -0.2) is 9.37 Å². The van der Waals surface area contributed by atoms with Crippen molar-refractivity contribution in [3.63, 3.8) is 0 Å². The van der Waals surface area contributed by atoms with Crippen LogP contribution in [0.3, 0.4) is 0 Å². The summed E-state index contributed by atoms with van der Waals surface area (Å²) in [5.41, 5.74) is 3.02. The molecule has 6 heteroatoms. The standard InChI is InChI=1S/C22H21FN2O2S/c1-15-8-10-16(11-9-15)20-14-28-22(24-20)25(13-17-5-4-12-27-17)21(26)18-6-2-3-7-19(18)23/h2-3,6-11,14,17H,4-5,12-13H2,1H3. The number of aromatic nitrogens is 1. The molecular formula is C22H21FN2O2S. The summed E-state index contributed by atoms with van der Waals surface area (Å²) in [5, 5.41) is 2.48. The van der Waals surface area contributed by atoms with Crippen LogP contribution in [0.25, 0.3) is 11.3 Å². The van der Waals surface area contributed by atoms with E-state index in [2.05, 4.69) is 4.98 Å². The van der Waals surface area contributed by atoms with Crippen molar-refractivity contribution in [1.29, 1.82) is 0 Å². The Balaban J connectivity index is 1.66. The normalized spacial score (nSPS) is 16.3. The van der Waals surface area contributed by atoms with Crippen molar-refractivity contribution in [2.24, 2.45) is 0 Å². The zero-order valence-corrected chi connectivity index (χ0v) is 16.4. The molecule has 3 aromatic rings. The lowest BCUT2D eigenvalue weighted by atomic mass is 10.1. The van der Waals surface area contributed by atoms with Gasteiger partial charge in [-0.2, -0.15) is 0 Å². The van der Waals surface area contributed by atoms with E-state index in [1.54, 1.807) is 17.0 Å². The summed E-state index contributed by atoms with van der Waals surface area (Å²) in [6.45, 7) is 3.10. The Morgan fingerprint density at radius 2 is 2.04 bits per heavy atom. The van der Waals surface area contributed by atoms with Crippen LogP contribution in [0, 0.1) is 12.7 Å². The van der Waals surface area contributed by atoms with Crippen LogP contribution < -0.4 is 4.90 Å². The number of hydrogen-bond acceptors (Lipinski definition) is 4. The SMILES string of the molecule is Cc1ccc(-c2csc(N(CC3CCCO3)C(=O)c3ccccc3F)n2)cc1. The Bertz CT molecular complexity index is 965. The molecule has 1 amide bonds. The van der Waals surface area contributed by atoms with E-state index in [0.29, 0.717) is 18.3 Å². The number of rotatable bonds is 5. The number of benzene rings is 2. The van der Waals surface area contributed by atoms with Crippen molar-refractivity contribution >= 4 is 22.4 Å². The van der Waals surface area contributed by atoms with Gasteiger partial charge in [0.2, 0.25) is 0 Å². The molecule has 0 saturated carbocycles. The highest BCUT2D eigenvalue weighted by Crippen LogP contribution is 2.30. The first kappa shape index (κ1) is 18.8. The number of ether oxygens (including phenoxy) is 1. The van der Waals surface area contributed by atoms with E-state index >= 15 is 0 Å². The molecule has 1 aliphatic rings. The van der Waals surface area contributed by atoms with Crippen LogP contribution in [-0.2, 0) is 4.74 Å². The molecule has 0 N–H and O–H groups in total. The van der Waals surface area contributed by atoms with E-state index in [1.807, 2.05) is 36.6 Å². The average molecular weight is 396 g/mol. The van der Waals surface area contributed by atoms with E-state index < -0.39 is 11.7 Å². The van der Waals surface area contributed by atoms with Crippen molar-refractivity contribution in [1.82, 2.24) is 4.98 Å². The van der Waals surface area contributed by atoms with Gasteiger partial charge in [-0.05, 0) is 31.9 Å². The molecule has 144 valence electrons. The Kier molecular flexibility index (Phi) is 5.50. The monoisotopic (exact) mass is 396 g/mol. The topological polar surface area (TPSA) is 42.4 Å². The predicted octanol–water partition coefficient (Wildman–Crippen LogP) is 5.08. The molecule has 1 fully saturated rings. The van der Waals surface area contributed by atoms with Crippen LogP contribution >= 0.6 is 11.3 Å². The molecule has 1 aliphatic heterocycles. The molecule has 28 heavy (non-hydrogen) atoms. The Hall–Kier alpha value is -2.57. The van der Waals surface area contributed by atoms with E-state index in [4.69, 9.17) is 4.74 Å². The summed E-state index contributed by atoms with van der Waals surface area (Å²) in [7, 11) is 0. The lowest BCUT2D eigenvalue weighted by molar-refractivity contribution is 0.0914. The molecule has 0 radical (unpaired) electrons. The summed E-state index contributed by atoms with van der Waals surface area (Å²) in [6, 6.07) is 14.1.